The van der Waals surface area contributed by atoms with E-state index in [2.05, 4.69) is 10.6 Å². The number of thiophene rings is 1. The molecule has 0 radical (unpaired) electrons. The van der Waals surface area contributed by atoms with Crippen molar-refractivity contribution in [1.82, 2.24) is 5.32 Å². The van der Waals surface area contributed by atoms with E-state index in [4.69, 9.17) is 0 Å². The summed E-state index contributed by atoms with van der Waals surface area (Å²) in [5, 5.41) is 9.99. The van der Waals surface area contributed by atoms with Gasteiger partial charge >= 0.3 is 0 Å². The van der Waals surface area contributed by atoms with Crippen LogP contribution in [-0.2, 0) is 4.79 Å². The molecule has 0 atom stereocenters. The summed E-state index contributed by atoms with van der Waals surface area (Å²) in [6.45, 7) is 0. The van der Waals surface area contributed by atoms with Gasteiger partial charge in [-0.05, 0) is 31.3 Å². The lowest BCUT2D eigenvalue weighted by molar-refractivity contribution is -0.122. The molecule has 1 aromatic rings. The van der Waals surface area contributed by atoms with Crippen LogP contribution in [0.3, 0.4) is 0 Å². The molecule has 2 N–H and O–H groups in total. The van der Waals surface area contributed by atoms with Crippen LogP contribution in [0.5, 0.6) is 0 Å². The van der Waals surface area contributed by atoms with Gasteiger partial charge in [0.2, 0.25) is 5.91 Å². The quantitative estimate of drug-likeness (QED) is 0.797. The number of hydrogen-bond donors (Lipinski definition) is 2. The molecule has 1 heterocycles. The summed E-state index contributed by atoms with van der Waals surface area (Å²) in [4.78, 5) is 11.6. The van der Waals surface area contributed by atoms with Crippen molar-refractivity contribution in [2.75, 3.05) is 12.4 Å². The zero-order valence-corrected chi connectivity index (χ0v) is 8.93. The van der Waals surface area contributed by atoms with Crippen LogP contribution in [0.4, 0.5) is 5.69 Å². The average molecular weight is 210 g/mol. The first-order chi connectivity index (χ1) is 6.79. The van der Waals surface area contributed by atoms with Crippen LogP contribution in [0.25, 0.3) is 0 Å². The van der Waals surface area contributed by atoms with Gasteiger partial charge in [0.05, 0.1) is 5.69 Å². The Hall–Kier alpha value is -0.870. The van der Waals surface area contributed by atoms with Gasteiger partial charge in [0, 0.05) is 17.3 Å². The standard InChI is InChI=1S/C10H14N2OS/c1-11-9-4-7(5-9)10(13)12-8-2-3-14-6-8/h2-3,6-7,9,11H,4-5H2,1H3,(H,12,13). The summed E-state index contributed by atoms with van der Waals surface area (Å²) in [6.07, 6.45) is 1.93. The van der Waals surface area contributed by atoms with Crippen LogP contribution in [0.1, 0.15) is 12.8 Å². The highest BCUT2D eigenvalue weighted by Crippen LogP contribution is 2.28. The van der Waals surface area contributed by atoms with Crippen molar-refractivity contribution >= 4 is 22.9 Å². The Balaban J connectivity index is 1.80. The predicted octanol–water partition coefficient (Wildman–Crippen LogP) is 1.68. The van der Waals surface area contributed by atoms with Crippen molar-refractivity contribution in [3.05, 3.63) is 16.8 Å². The minimum atomic E-state index is 0.162. The molecule has 1 aromatic heterocycles. The van der Waals surface area contributed by atoms with E-state index >= 15 is 0 Å². The fraction of sp³-hybridized carbons (Fsp3) is 0.500. The van der Waals surface area contributed by atoms with Gasteiger partial charge in [-0.3, -0.25) is 4.79 Å². The van der Waals surface area contributed by atoms with E-state index in [0.29, 0.717) is 6.04 Å². The Morgan fingerprint density at radius 1 is 1.57 bits per heavy atom. The van der Waals surface area contributed by atoms with Gasteiger partial charge < -0.3 is 10.6 Å². The topological polar surface area (TPSA) is 41.1 Å². The Morgan fingerprint density at radius 3 is 2.93 bits per heavy atom. The highest BCUT2D eigenvalue weighted by atomic mass is 32.1. The molecule has 1 saturated carbocycles. The maximum Gasteiger partial charge on any atom is 0.227 e. The molecule has 3 nitrogen and oxygen atoms in total. The summed E-state index contributed by atoms with van der Waals surface area (Å²) in [5.41, 5.74) is 0.924. The Bertz CT molecular complexity index is 304. The minimum Gasteiger partial charge on any atom is -0.325 e. The fourth-order valence-corrected chi connectivity index (χ4v) is 2.24. The smallest absolute Gasteiger partial charge is 0.227 e. The van der Waals surface area contributed by atoms with Crippen molar-refractivity contribution < 1.29 is 4.79 Å². The minimum absolute atomic E-state index is 0.162. The van der Waals surface area contributed by atoms with Crippen LogP contribution in [0, 0.1) is 5.92 Å². The number of carbonyl (C=O) groups is 1. The molecular formula is C10H14N2OS. The van der Waals surface area contributed by atoms with E-state index < -0.39 is 0 Å². The first-order valence-corrected chi connectivity index (χ1v) is 5.74. The van der Waals surface area contributed by atoms with E-state index in [1.54, 1.807) is 11.3 Å². The third-order valence-corrected chi connectivity index (χ3v) is 3.39. The lowest BCUT2D eigenvalue weighted by Gasteiger charge is -2.33. The molecule has 0 spiro atoms. The van der Waals surface area contributed by atoms with Crippen molar-refractivity contribution in [3.8, 4) is 0 Å². The molecule has 1 amide bonds. The van der Waals surface area contributed by atoms with E-state index in [1.165, 1.54) is 0 Å². The number of rotatable bonds is 3. The van der Waals surface area contributed by atoms with Crippen LogP contribution in [0.15, 0.2) is 16.8 Å². The number of nitrogens with one attached hydrogen (secondary N) is 2. The molecular weight excluding hydrogens is 196 g/mol. The second-order valence-electron chi connectivity index (χ2n) is 3.66. The summed E-state index contributed by atoms with van der Waals surface area (Å²) < 4.78 is 0. The summed E-state index contributed by atoms with van der Waals surface area (Å²) in [6, 6.07) is 2.46. The molecule has 4 heteroatoms. The highest BCUT2D eigenvalue weighted by molar-refractivity contribution is 7.08. The molecule has 0 aliphatic heterocycles. The first-order valence-electron chi connectivity index (χ1n) is 4.80. The van der Waals surface area contributed by atoms with Gasteiger partial charge in [-0.1, -0.05) is 0 Å². The third kappa shape index (κ3) is 1.96. The Morgan fingerprint density at radius 2 is 2.36 bits per heavy atom. The van der Waals surface area contributed by atoms with Crippen molar-refractivity contribution in [2.45, 2.75) is 18.9 Å². The molecule has 0 unspecified atom stereocenters. The maximum absolute atomic E-state index is 11.6. The Kier molecular flexibility index (Phi) is 2.84. The molecule has 14 heavy (non-hydrogen) atoms. The molecule has 1 fully saturated rings. The monoisotopic (exact) mass is 210 g/mol. The van der Waals surface area contributed by atoms with E-state index in [9.17, 15) is 4.79 Å². The van der Waals surface area contributed by atoms with Gasteiger partial charge in [-0.25, -0.2) is 0 Å². The zero-order chi connectivity index (χ0) is 9.97. The molecule has 1 aliphatic rings. The normalized spacial score (nSPS) is 25.5. The number of hydrogen-bond acceptors (Lipinski definition) is 3. The van der Waals surface area contributed by atoms with E-state index in [-0.39, 0.29) is 11.8 Å². The van der Waals surface area contributed by atoms with Crippen LogP contribution < -0.4 is 10.6 Å². The Labute approximate surface area is 87.5 Å². The van der Waals surface area contributed by atoms with Gasteiger partial charge in [-0.2, -0.15) is 11.3 Å². The number of carbonyl (C=O) groups excluding carboxylic acids is 1. The summed E-state index contributed by atoms with van der Waals surface area (Å²) in [7, 11) is 1.94. The van der Waals surface area contributed by atoms with Crippen LogP contribution in [0.2, 0.25) is 0 Å². The molecule has 1 aliphatic carbocycles. The molecule has 0 aromatic carbocycles. The average Bonchev–Trinajstić information content (AvgIpc) is 2.54. The van der Waals surface area contributed by atoms with Gasteiger partial charge in [0.15, 0.2) is 0 Å². The van der Waals surface area contributed by atoms with Gasteiger partial charge in [-0.15, -0.1) is 0 Å². The zero-order valence-electron chi connectivity index (χ0n) is 8.12. The highest BCUT2D eigenvalue weighted by Gasteiger charge is 2.33. The second kappa shape index (κ2) is 4.11. The van der Waals surface area contributed by atoms with Gasteiger partial charge in [0.25, 0.3) is 0 Å². The molecule has 0 saturated heterocycles. The first kappa shape index (κ1) is 9.68. The van der Waals surface area contributed by atoms with E-state index in [1.807, 2.05) is 23.9 Å². The summed E-state index contributed by atoms with van der Waals surface area (Å²) >= 11 is 1.60. The van der Waals surface area contributed by atoms with Crippen molar-refractivity contribution in [2.24, 2.45) is 5.92 Å². The third-order valence-electron chi connectivity index (χ3n) is 2.71. The number of amides is 1. The fourth-order valence-electron chi connectivity index (χ4n) is 1.65. The molecule has 2 rings (SSSR count). The summed E-state index contributed by atoms with van der Waals surface area (Å²) in [5.74, 6) is 0.363. The number of anilines is 1. The van der Waals surface area contributed by atoms with Crippen LogP contribution >= 0.6 is 11.3 Å². The molecule has 0 bridgehead atoms. The van der Waals surface area contributed by atoms with Gasteiger partial charge in [0.1, 0.15) is 0 Å². The lowest BCUT2D eigenvalue weighted by atomic mass is 9.80. The SMILES string of the molecule is CNC1CC(C(=O)Nc2ccsc2)C1. The second-order valence-corrected chi connectivity index (χ2v) is 4.44. The predicted molar refractivity (Wildman–Crippen MR) is 58.5 cm³/mol. The molecule has 76 valence electrons. The lowest BCUT2D eigenvalue weighted by Crippen LogP contribution is -2.44. The van der Waals surface area contributed by atoms with Crippen molar-refractivity contribution in [3.63, 3.8) is 0 Å². The van der Waals surface area contributed by atoms with Crippen molar-refractivity contribution in [1.29, 1.82) is 0 Å². The van der Waals surface area contributed by atoms with E-state index in [0.717, 1.165) is 18.5 Å². The van der Waals surface area contributed by atoms with Crippen LogP contribution in [-0.4, -0.2) is 19.0 Å². The maximum atomic E-state index is 11.6. The largest absolute Gasteiger partial charge is 0.325 e.